The Morgan fingerprint density at radius 2 is 1.50 bits per heavy atom. The summed E-state index contributed by atoms with van der Waals surface area (Å²) in [6.07, 6.45) is 7.10. The van der Waals surface area contributed by atoms with Gasteiger partial charge in [-0.1, -0.05) is 48.5 Å². The van der Waals surface area contributed by atoms with E-state index in [9.17, 15) is 4.79 Å². The lowest BCUT2D eigenvalue weighted by Gasteiger charge is -2.29. The van der Waals surface area contributed by atoms with Crippen LogP contribution in [0.25, 0.3) is 44.7 Å². The van der Waals surface area contributed by atoms with Crippen molar-refractivity contribution in [2.75, 3.05) is 0 Å². The Hall–Kier alpha value is -4.52. The van der Waals surface area contributed by atoms with E-state index in [1.165, 1.54) is 5.56 Å². The average Bonchev–Trinajstić information content (AvgIpc) is 3.61. The number of H-pyrrole nitrogens is 2. The Kier molecular flexibility index (Phi) is 5.61. The number of nitrogens with one attached hydrogen (secondary N) is 2. The van der Waals surface area contributed by atoms with Crippen LogP contribution >= 0.6 is 0 Å². The number of hydrogen-bond acceptors (Lipinski definition) is 4. The summed E-state index contributed by atoms with van der Waals surface area (Å²) in [6.45, 7) is 0. The van der Waals surface area contributed by atoms with Gasteiger partial charge >= 0.3 is 5.69 Å². The first-order chi connectivity index (χ1) is 18.7. The largest absolute Gasteiger partial charge is 0.326 e. The molecule has 1 aliphatic carbocycles. The summed E-state index contributed by atoms with van der Waals surface area (Å²) < 4.78 is 1.97. The number of aromatic nitrogens is 6. The van der Waals surface area contributed by atoms with Crippen LogP contribution in [0.2, 0.25) is 0 Å². The molecule has 0 radical (unpaired) electrons. The molecule has 1 saturated carbocycles. The predicted molar refractivity (Wildman–Crippen MR) is 150 cm³/mol. The molecule has 0 amide bonds. The lowest BCUT2D eigenvalue weighted by atomic mass is 9.82. The van der Waals surface area contributed by atoms with Crippen LogP contribution in [0.4, 0.5) is 0 Å². The first kappa shape index (κ1) is 22.7. The normalized spacial score (nSPS) is 17.8. The number of nitrogens with zero attached hydrogens (tertiary/aromatic N) is 4. The summed E-state index contributed by atoms with van der Waals surface area (Å²) >= 11 is 0. The fourth-order valence-electron chi connectivity index (χ4n) is 5.95. The van der Waals surface area contributed by atoms with Crippen LogP contribution in [-0.2, 0) is 6.42 Å². The molecule has 1 fully saturated rings. The fourth-order valence-corrected chi connectivity index (χ4v) is 5.95. The van der Waals surface area contributed by atoms with Gasteiger partial charge in [0.2, 0.25) is 0 Å². The summed E-state index contributed by atoms with van der Waals surface area (Å²) in [5.74, 6) is 0.624. The van der Waals surface area contributed by atoms with E-state index in [1.807, 2.05) is 59.2 Å². The van der Waals surface area contributed by atoms with E-state index in [4.69, 9.17) is 9.97 Å². The van der Waals surface area contributed by atoms with Crippen LogP contribution in [0.3, 0.4) is 0 Å². The molecule has 1 aliphatic rings. The lowest BCUT2D eigenvalue weighted by Crippen LogP contribution is -2.26. The summed E-state index contributed by atoms with van der Waals surface area (Å²) in [4.78, 5) is 25.5. The molecule has 188 valence electrons. The van der Waals surface area contributed by atoms with Gasteiger partial charge in [0.25, 0.3) is 0 Å². The minimum atomic E-state index is 0.0107. The second kappa shape index (κ2) is 9.41. The molecule has 38 heavy (non-hydrogen) atoms. The molecule has 3 aromatic heterocycles. The number of hydrogen-bond donors (Lipinski definition) is 2. The maximum atomic E-state index is 12.6. The van der Waals surface area contributed by atoms with Gasteiger partial charge in [-0.25, -0.2) is 14.8 Å². The molecule has 7 heteroatoms. The van der Waals surface area contributed by atoms with Gasteiger partial charge in [0.1, 0.15) is 5.69 Å². The number of rotatable bonds is 5. The van der Waals surface area contributed by atoms with Gasteiger partial charge in [-0.15, -0.1) is 0 Å². The Labute approximate surface area is 219 Å². The minimum Gasteiger partial charge on any atom is -0.306 e. The van der Waals surface area contributed by atoms with Crippen molar-refractivity contribution >= 4 is 22.1 Å². The number of para-hydroxylation sites is 4. The zero-order chi connectivity index (χ0) is 25.5. The maximum absolute atomic E-state index is 12.6. The van der Waals surface area contributed by atoms with Crippen molar-refractivity contribution in [3.63, 3.8) is 0 Å². The highest BCUT2D eigenvalue weighted by molar-refractivity contribution is 5.85. The molecule has 0 bridgehead atoms. The molecule has 3 heterocycles. The highest BCUT2D eigenvalue weighted by Gasteiger charge is 2.25. The van der Waals surface area contributed by atoms with E-state index in [2.05, 4.69) is 39.4 Å². The van der Waals surface area contributed by atoms with E-state index in [-0.39, 0.29) is 11.7 Å². The molecular formula is C31H28N6O. The summed E-state index contributed by atoms with van der Waals surface area (Å²) in [5, 5.41) is 7.17. The highest BCUT2D eigenvalue weighted by Crippen LogP contribution is 2.35. The molecule has 7 nitrogen and oxygen atoms in total. The molecule has 3 aromatic carbocycles. The summed E-state index contributed by atoms with van der Waals surface area (Å²) in [6, 6.07) is 26.9. The second-order valence-electron chi connectivity index (χ2n) is 10.3. The van der Waals surface area contributed by atoms with Crippen LogP contribution in [0, 0.1) is 5.92 Å². The SMILES string of the molecule is O=c1[nH]c2ccccc2n1C1CCC(Cc2ccc(-c3nc4ccccc4nc3-c3ccn[nH]3)cc2)CC1. The van der Waals surface area contributed by atoms with E-state index in [0.717, 1.165) is 76.8 Å². The molecule has 0 spiro atoms. The average molecular weight is 501 g/mol. The van der Waals surface area contributed by atoms with E-state index in [0.29, 0.717) is 5.92 Å². The Morgan fingerprint density at radius 3 is 2.24 bits per heavy atom. The first-order valence-electron chi connectivity index (χ1n) is 13.3. The van der Waals surface area contributed by atoms with Crippen LogP contribution < -0.4 is 5.69 Å². The molecule has 2 N–H and O–H groups in total. The zero-order valence-electron chi connectivity index (χ0n) is 21.0. The van der Waals surface area contributed by atoms with Crippen molar-refractivity contribution in [1.82, 2.24) is 29.7 Å². The van der Waals surface area contributed by atoms with Crippen LogP contribution in [0.5, 0.6) is 0 Å². The van der Waals surface area contributed by atoms with E-state index in [1.54, 1.807) is 6.20 Å². The Morgan fingerprint density at radius 1 is 0.789 bits per heavy atom. The molecule has 0 aliphatic heterocycles. The third-order valence-corrected chi connectivity index (χ3v) is 7.88. The van der Waals surface area contributed by atoms with Crippen LogP contribution in [0.1, 0.15) is 37.3 Å². The van der Waals surface area contributed by atoms with E-state index < -0.39 is 0 Å². The van der Waals surface area contributed by atoms with Gasteiger partial charge in [0.15, 0.2) is 0 Å². The molecule has 0 atom stereocenters. The molecule has 7 rings (SSSR count). The predicted octanol–water partition coefficient (Wildman–Crippen LogP) is 6.30. The number of benzene rings is 3. The van der Waals surface area contributed by atoms with Crippen molar-refractivity contribution in [3.05, 3.63) is 101 Å². The van der Waals surface area contributed by atoms with Crippen LogP contribution in [0.15, 0.2) is 89.9 Å². The summed E-state index contributed by atoms with van der Waals surface area (Å²) in [5.41, 5.74) is 8.57. The van der Waals surface area contributed by atoms with Crippen molar-refractivity contribution < 1.29 is 0 Å². The Balaban J connectivity index is 1.09. The lowest BCUT2D eigenvalue weighted by molar-refractivity contribution is 0.274. The van der Waals surface area contributed by atoms with Gasteiger partial charge in [-0.2, -0.15) is 5.10 Å². The van der Waals surface area contributed by atoms with Crippen molar-refractivity contribution in [1.29, 1.82) is 0 Å². The van der Waals surface area contributed by atoms with Crippen LogP contribution in [-0.4, -0.2) is 29.7 Å². The van der Waals surface area contributed by atoms with Crippen molar-refractivity contribution in [3.8, 4) is 22.6 Å². The van der Waals surface area contributed by atoms with Gasteiger partial charge in [-0.05, 0) is 73.9 Å². The van der Waals surface area contributed by atoms with Gasteiger partial charge < -0.3 is 4.98 Å². The standard InChI is InChI=1S/C31H28N6O/c38-31-35-26-7-3-4-8-28(26)37(31)23-15-11-21(12-16-23)19-20-9-13-22(14-10-20)29-30(27-17-18-32-36-27)34-25-6-2-1-5-24(25)33-29/h1-10,13-14,17-18,21,23H,11-12,15-16,19H2,(H,32,36)(H,35,38). The summed E-state index contributed by atoms with van der Waals surface area (Å²) in [7, 11) is 0. The number of aromatic amines is 2. The van der Waals surface area contributed by atoms with Gasteiger partial charge in [0, 0.05) is 17.8 Å². The molecular weight excluding hydrogens is 472 g/mol. The quantitative estimate of drug-likeness (QED) is 0.290. The third kappa shape index (κ3) is 4.10. The second-order valence-corrected chi connectivity index (χ2v) is 10.3. The molecule has 0 unspecified atom stereocenters. The molecule has 6 aromatic rings. The van der Waals surface area contributed by atoms with E-state index >= 15 is 0 Å². The zero-order valence-corrected chi connectivity index (χ0v) is 21.0. The Bertz CT molecular complexity index is 1770. The third-order valence-electron chi connectivity index (χ3n) is 7.88. The number of imidazole rings is 1. The monoisotopic (exact) mass is 500 g/mol. The van der Waals surface area contributed by atoms with Crippen molar-refractivity contribution in [2.45, 2.75) is 38.1 Å². The first-order valence-corrected chi connectivity index (χ1v) is 13.3. The highest BCUT2D eigenvalue weighted by atomic mass is 16.1. The fraction of sp³-hybridized carbons (Fsp3) is 0.226. The minimum absolute atomic E-state index is 0.0107. The van der Waals surface area contributed by atoms with Gasteiger partial charge in [0.05, 0.1) is 33.5 Å². The smallest absolute Gasteiger partial charge is 0.306 e. The maximum Gasteiger partial charge on any atom is 0.326 e. The topological polar surface area (TPSA) is 92.2 Å². The van der Waals surface area contributed by atoms with Gasteiger partial charge in [-0.3, -0.25) is 9.67 Å². The molecule has 0 saturated heterocycles. The van der Waals surface area contributed by atoms with Crippen molar-refractivity contribution in [2.24, 2.45) is 5.92 Å². The number of fused-ring (bicyclic) bond motifs is 2.